The van der Waals surface area contributed by atoms with Gasteiger partial charge in [0.25, 0.3) is 0 Å². The quantitative estimate of drug-likeness (QED) is 0.303. The van der Waals surface area contributed by atoms with Crippen LogP contribution in [0.25, 0.3) is 22.0 Å². The molecule has 5 rings (SSSR count). The van der Waals surface area contributed by atoms with E-state index in [0.717, 1.165) is 34.3 Å². The van der Waals surface area contributed by atoms with E-state index in [9.17, 15) is 4.79 Å². The van der Waals surface area contributed by atoms with Gasteiger partial charge in [0.1, 0.15) is 18.2 Å². The van der Waals surface area contributed by atoms with Crippen LogP contribution in [0.4, 0.5) is 4.39 Å². The molecule has 3 aromatic carbocycles. The lowest BCUT2D eigenvalue weighted by molar-refractivity contribution is -0.142. The topological polar surface area (TPSA) is 79.4 Å². The smallest absolute Gasteiger partial charge is 0.310 e. The van der Waals surface area contributed by atoms with Crippen molar-refractivity contribution in [2.24, 2.45) is 11.7 Å². The molecule has 2 N–H and O–H groups in total. The van der Waals surface area contributed by atoms with Crippen molar-refractivity contribution in [1.82, 2.24) is 9.78 Å². The number of fused-ring (bicyclic) bond motifs is 1. The van der Waals surface area contributed by atoms with Crippen LogP contribution in [0.3, 0.4) is 0 Å². The standard InChI is InChI=1S/C29H30FN3O3/c1-2-35-27(34)15-20-7-3-4-12-26(20)36-18-25-28-22(23-10-5-8-21(16-31)29(23)30)9-6-11-24(28)32-33(25)17-19-13-14-19/h3-12,19H,2,13-18,31H2,1H3. The molecule has 1 saturated carbocycles. The van der Waals surface area contributed by atoms with Crippen molar-refractivity contribution in [3.63, 3.8) is 0 Å². The summed E-state index contributed by atoms with van der Waals surface area (Å²) < 4.78 is 28.8. The van der Waals surface area contributed by atoms with Crippen LogP contribution in [0, 0.1) is 11.7 Å². The Morgan fingerprint density at radius 2 is 1.81 bits per heavy atom. The molecule has 0 aliphatic heterocycles. The largest absolute Gasteiger partial charge is 0.487 e. The van der Waals surface area contributed by atoms with Gasteiger partial charge in [0.15, 0.2) is 0 Å². The first kappa shape index (κ1) is 24.0. The van der Waals surface area contributed by atoms with Crippen LogP contribution < -0.4 is 10.5 Å². The monoisotopic (exact) mass is 487 g/mol. The molecule has 0 atom stereocenters. The summed E-state index contributed by atoms with van der Waals surface area (Å²) in [4.78, 5) is 12.1. The molecule has 4 aromatic rings. The van der Waals surface area contributed by atoms with E-state index in [-0.39, 0.29) is 31.4 Å². The molecule has 0 unspecified atom stereocenters. The Hall–Kier alpha value is -3.71. The summed E-state index contributed by atoms with van der Waals surface area (Å²) in [5, 5.41) is 5.74. The Morgan fingerprint density at radius 3 is 2.58 bits per heavy atom. The maximum Gasteiger partial charge on any atom is 0.310 e. The highest BCUT2D eigenvalue weighted by Crippen LogP contribution is 2.37. The summed E-state index contributed by atoms with van der Waals surface area (Å²) in [6.45, 7) is 3.28. The van der Waals surface area contributed by atoms with Gasteiger partial charge < -0.3 is 15.2 Å². The fourth-order valence-corrected chi connectivity index (χ4v) is 4.56. The first-order chi connectivity index (χ1) is 17.6. The number of nitrogens with zero attached hydrogens (tertiary/aromatic N) is 2. The van der Waals surface area contributed by atoms with Gasteiger partial charge in [-0.3, -0.25) is 9.48 Å². The molecular weight excluding hydrogens is 457 g/mol. The molecule has 0 bridgehead atoms. The van der Waals surface area contributed by atoms with Gasteiger partial charge in [-0.1, -0.05) is 48.5 Å². The zero-order chi connectivity index (χ0) is 25.1. The van der Waals surface area contributed by atoms with Crippen molar-refractivity contribution in [3.05, 3.63) is 83.3 Å². The lowest BCUT2D eigenvalue weighted by Gasteiger charge is -2.14. The van der Waals surface area contributed by atoms with Gasteiger partial charge in [-0.25, -0.2) is 4.39 Å². The van der Waals surface area contributed by atoms with E-state index < -0.39 is 0 Å². The number of carbonyl (C=O) groups is 1. The second kappa shape index (κ2) is 10.5. The van der Waals surface area contributed by atoms with Crippen molar-refractivity contribution in [3.8, 4) is 16.9 Å². The number of ether oxygens (including phenoxy) is 2. The third-order valence-electron chi connectivity index (χ3n) is 6.57. The normalized spacial score (nSPS) is 13.2. The molecule has 0 spiro atoms. The number of rotatable bonds is 10. The molecule has 1 heterocycles. The molecule has 1 aliphatic carbocycles. The molecule has 0 amide bonds. The minimum absolute atomic E-state index is 0.129. The van der Waals surface area contributed by atoms with Crippen LogP contribution in [-0.2, 0) is 35.6 Å². The van der Waals surface area contributed by atoms with E-state index in [2.05, 4.69) is 0 Å². The van der Waals surface area contributed by atoms with Gasteiger partial charge >= 0.3 is 5.97 Å². The van der Waals surface area contributed by atoms with Gasteiger partial charge in [0.2, 0.25) is 0 Å². The highest BCUT2D eigenvalue weighted by Gasteiger charge is 2.26. The van der Waals surface area contributed by atoms with Crippen molar-refractivity contribution >= 4 is 16.9 Å². The number of halogens is 1. The van der Waals surface area contributed by atoms with E-state index in [1.807, 2.05) is 53.2 Å². The molecule has 1 aromatic heterocycles. The lowest BCUT2D eigenvalue weighted by atomic mass is 9.97. The maximum absolute atomic E-state index is 15.4. The average Bonchev–Trinajstić information content (AvgIpc) is 3.63. The van der Waals surface area contributed by atoms with Gasteiger partial charge in [-0.15, -0.1) is 0 Å². The maximum atomic E-state index is 15.4. The van der Waals surface area contributed by atoms with E-state index in [4.69, 9.17) is 20.3 Å². The summed E-state index contributed by atoms with van der Waals surface area (Å²) in [6.07, 6.45) is 2.49. The third kappa shape index (κ3) is 4.97. The highest BCUT2D eigenvalue weighted by molar-refractivity contribution is 5.97. The van der Waals surface area contributed by atoms with Gasteiger partial charge in [-0.05, 0) is 43.4 Å². The van der Waals surface area contributed by atoms with E-state index >= 15 is 4.39 Å². The van der Waals surface area contributed by atoms with E-state index in [1.165, 1.54) is 12.8 Å². The Bertz CT molecular complexity index is 1390. The number of benzene rings is 3. The second-order valence-corrected chi connectivity index (χ2v) is 9.13. The van der Waals surface area contributed by atoms with Crippen LogP contribution >= 0.6 is 0 Å². The predicted molar refractivity (Wildman–Crippen MR) is 137 cm³/mol. The number of hydrogen-bond donors (Lipinski definition) is 1. The Labute approximate surface area is 209 Å². The number of carbonyl (C=O) groups excluding carboxylic acids is 1. The van der Waals surface area contributed by atoms with Crippen molar-refractivity contribution < 1.29 is 18.7 Å². The van der Waals surface area contributed by atoms with Crippen LogP contribution in [0.1, 0.15) is 36.6 Å². The molecular formula is C29H30FN3O3. The molecule has 1 aliphatic rings. The summed E-state index contributed by atoms with van der Waals surface area (Å²) in [5.74, 6) is 0.603. The molecule has 186 valence electrons. The van der Waals surface area contributed by atoms with Gasteiger partial charge in [-0.2, -0.15) is 5.10 Å². The minimum atomic E-state index is -0.311. The summed E-state index contributed by atoms with van der Waals surface area (Å²) in [5.41, 5.74) is 9.95. The second-order valence-electron chi connectivity index (χ2n) is 9.13. The minimum Gasteiger partial charge on any atom is -0.487 e. The molecule has 7 heteroatoms. The Kier molecular flexibility index (Phi) is 7.00. The SMILES string of the molecule is CCOC(=O)Cc1ccccc1OCc1c2c(-c3cccc(CN)c3F)cccc2nn1CC1CC1. The predicted octanol–water partition coefficient (Wildman–Crippen LogP) is 5.40. The molecule has 1 fully saturated rings. The van der Waals surface area contributed by atoms with E-state index in [1.54, 1.807) is 19.1 Å². The number of para-hydroxylation sites is 1. The first-order valence-electron chi connectivity index (χ1n) is 12.4. The number of nitrogens with two attached hydrogens (primary N) is 1. The van der Waals surface area contributed by atoms with Crippen LogP contribution in [0.2, 0.25) is 0 Å². The number of aromatic nitrogens is 2. The fraction of sp³-hybridized carbons (Fsp3) is 0.310. The van der Waals surface area contributed by atoms with Crippen molar-refractivity contribution in [1.29, 1.82) is 0 Å². The summed E-state index contributed by atoms with van der Waals surface area (Å²) in [7, 11) is 0. The Balaban J connectivity index is 1.55. The van der Waals surface area contributed by atoms with Crippen molar-refractivity contribution in [2.45, 2.75) is 45.9 Å². The Morgan fingerprint density at radius 1 is 1.06 bits per heavy atom. The van der Waals surface area contributed by atoms with Crippen LogP contribution in [0.5, 0.6) is 5.75 Å². The van der Waals surface area contributed by atoms with Crippen molar-refractivity contribution in [2.75, 3.05) is 6.61 Å². The van der Waals surface area contributed by atoms with Gasteiger partial charge in [0, 0.05) is 35.2 Å². The fourth-order valence-electron chi connectivity index (χ4n) is 4.56. The molecule has 0 saturated heterocycles. The summed E-state index contributed by atoms with van der Waals surface area (Å²) in [6, 6.07) is 18.6. The van der Waals surface area contributed by atoms with E-state index in [0.29, 0.717) is 29.4 Å². The highest BCUT2D eigenvalue weighted by atomic mass is 19.1. The van der Waals surface area contributed by atoms with Crippen LogP contribution in [-0.4, -0.2) is 22.4 Å². The first-order valence-corrected chi connectivity index (χ1v) is 12.4. The zero-order valence-corrected chi connectivity index (χ0v) is 20.4. The summed E-state index contributed by atoms with van der Waals surface area (Å²) >= 11 is 0. The van der Waals surface area contributed by atoms with Gasteiger partial charge in [0.05, 0.1) is 24.2 Å². The number of esters is 1. The average molecular weight is 488 g/mol. The third-order valence-corrected chi connectivity index (χ3v) is 6.57. The molecule has 0 radical (unpaired) electrons. The number of hydrogen-bond acceptors (Lipinski definition) is 5. The molecule has 36 heavy (non-hydrogen) atoms. The molecule has 6 nitrogen and oxygen atoms in total. The lowest BCUT2D eigenvalue weighted by Crippen LogP contribution is -2.11. The van der Waals surface area contributed by atoms with Crippen LogP contribution in [0.15, 0.2) is 60.7 Å². The zero-order valence-electron chi connectivity index (χ0n) is 20.4.